The van der Waals surface area contributed by atoms with Gasteiger partial charge in [-0.15, -0.1) is 11.3 Å². The molecule has 27 heavy (non-hydrogen) atoms. The van der Waals surface area contributed by atoms with Gasteiger partial charge in [0, 0.05) is 0 Å². The molecule has 2 aromatic heterocycles. The number of anilines is 1. The van der Waals surface area contributed by atoms with E-state index < -0.39 is 0 Å². The molecule has 2 aromatic rings. The molecule has 4 rings (SSSR count). The molecular formula is C21H20N5S+. The summed E-state index contributed by atoms with van der Waals surface area (Å²) >= 11 is 1.62. The van der Waals surface area contributed by atoms with Gasteiger partial charge < -0.3 is 5.73 Å². The number of hydrogen-bond acceptors (Lipinski definition) is 5. The van der Waals surface area contributed by atoms with Crippen molar-refractivity contribution in [3.63, 3.8) is 0 Å². The molecule has 0 bridgehead atoms. The molecule has 0 fully saturated rings. The third-order valence-electron chi connectivity index (χ3n) is 4.57. The van der Waals surface area contributed by atoms with E-state index in [1.807, 2.05) is 30.6 Å². The Hall–Kier alpha value is -3.01. The van der Waals surface area contributed by atoms with Crippen LogP contribution in [0.15, 0.2) is 58.9 Å². The molecule has 0 spiro atoms. The largest absolute Gasteiger partial charge is 0.384 e. The van der Waals surface area contributed by atoms with Crippen molar-refractivity contribution in [2.45, 2.75) is 26.3 Å². The highest BCUT2D eigenvalue weighted by Gasteiger charge is 2.47. The third kappa shape index (κ3) is 3.12. The number of nitrogens with zero attached hydrogens (tertiary/aromatic N) is 4. The third-order valence-corrected chi connectivity index (χ3v) is 5.59. The van der Waals surface area contributed by atoms with Crippen LogP contribution in [0.3, 0.4) is 0 Å². The van der Waals surface area contributed by atoms with E-state index in [0.29, 0.717) is 16.0 Å². The van der Waals surface area contributed by atoms with Gasteiger partial charge in [-0.25, -0.2) is 9.47 Å². The Kier molecular flexibility index (Phi) is 4.06. The van der Waals surface area contributed by atoms with E-state index >= 15 is 0 Å². The minimum absolute atomic E-state index is 0.0532. The second-order valence-corrected chi connectivity index (χ2v) is 8.45. The topological polar surface area (TPSA) is 63.6 Å². The number of rotatable bonds is 1. The summed E-state index contributed by atoms with van der Waals surface area (Å²) in [6, 6.07) is 9.54. The molecule has 4 heterocycles. The van der Waals surface area contributed by atoms with E-state index in [0.717, 1.165) is 21.3 Å². The summed E-state index contributed by atoms with van der Waals surface area (Å²) in [6.45, 7) is 6.61. The highest BCUT2D eigenvalue weighted by atomic mass is 32.1. The van der Waals surface area contributed by atoms with Crippen LogP contribution in [0.4, 0.5) is 5.82 Å². The average Bonchev–Trinajstić information content (AvgIpc) is 3.24. The second-order valence-electron chi connectivity index (χ2n) is 7.37. The number of amidine groups is 1. The molecule has 0 aliphatic carbocycles. The first-order valence-electron chi connectivity index (χ1n) is 8.64. The quantitative estimate of drug-likeness (QED) is 0.605. The fraction of sp³-hybridized carbons (Fsp3) is 0.190. The zero-order valence-corrected chi connectivity index (χ0v) is 16.3. The van der Waals surface area contributed by atoms with Gasteiger partial charge in [-0.2, -0.15) is 4.99 Å². The molecule has 2 N–H and O–H groups in total. The summed E-state index contributed by atoms with van der Waals surface area (Å²) in [5, 5.41) is 0. The molecule has 2 aliphatic heterocycles. The maximum Gasteiger partial charge on any atom is 0.256 e. The zero-order valence-electron chi connectivity index (χ0n) is 15.5. The predicted molar refractivity (Wildman–Crippen MR) is 112 cm³/mol. The Balaban J connectivity index is 1.66. The molecule has 1 unspecified atom stereocenters. The highest BCUT2D eigenvalue weighted by molar-refractivity contribution is 7.13. The number of nitrogen functional groups attached to an aromatic ring is 1. The molecule has 1 atom stereocenters. The summed E-state index contributed by atoms with van der Waals surface area (Å²) in [7, 11) is 0. The van der Waals surface area contributed by atoms with Crippen LogP contribution in [0.1, 0.15) is 36.2 Å². The maximum atomic E-state index is 5.70. The number of aromatic nitrogens is 1. The summed E-state index contributed by atoms with van der Waals surface area (Å²) in [5.74, 6) is 7.64. The van der Waals surface area contributed by atoms with E-state index in [-0.39, 0.29) is 5.54 Å². The van der Waals surface area contributed by atoms with Crippen LogP contribution in [0.2, 0.25) is 0 Å². The van der Waals surface area contributed by atoms with Crippen LogP contribution in [0.5, 0.6) is 0 Å². The Morgan fingerprint density at radius 2 is 1.96 bits per heavy atom. The smallest absolute Gasteiger partial charge is 0.256 e. The van der Waals surface area contributed by atoms with Gasteiger partial charge in [-0.05, 0) is 56.9 Å². The van der Waals surface area contributed by atoms with E-state index in [9.17, 15) is 0 Å². The molecule has 0 aromatic carbocycles. The predicted octanol–water partition coefficient (Wildman–Crippen LogP) is 4.01. The molecule has 5 nitrogen and oxygen atoms in total. The van der Waals surface area contributed by atoms with E-state index in [1.165, 1.54) is 0 Å². The van der Waals surface area contributed by atoms with E-state index in [1.54, 1.807) is 17.4 Å². The standard InChI is InChI=1S/C21H20N5S/c1-21(2,3)26-12-11-23-13-20(26)25-17(14-26)18-10-9-16(27-18)8-7-15-5-4-6-19(22)24-15/h4-6,9-14H,1-3H3,(H2,22,24)/q+1. The Morgan fingerprint density at radius 1 is 1.11 bits per heavy atom. The van der Waals surface area contributed by atoms with Crippen LogP contribution in [0.25, 0.3) is 5.70 Å². The fourth-order valence-corrected chi connectivity index (χ4v) is 3.87. The van der Waals surface area contributed by atoms with Crippen LogP contribution < -0.4 is 5.73 Å². The molecule has 0 saturated heterocycles. The van der Waals surface area contributed by atoms with Gasteiger partial charge in [0.15, 0.2) is 0 Å². The monoisotopic (exact) mass is 374 g/mol. The Morgan fingerprint density at radius 3 is 2.70 bits per heavy atom. The first kappa shape index (κ1) is 17.4. The van der Waals surface area contributed by atoms with Gasteiger partial charge in [-0.1, -0.05) is 6.07 Å². The maximum absolute atomic E-state index is 5.70. The number of pyridine rings is 1. The second kappa shape index (κ2) is 6.31. The van der Waals surface area contributed by atoms with Crippen molar-refractivity contribution in [2.75, 3.05) is 5.73 Å². The summed E-state index contributed by atoms with van der Waals surface area (Å²) in [5.41, 5.74) is 7.27. The minimum atomic E-state index is -0.0532. The lowest BCUT2D eigenvalue weighted by Gasteiger charge is -2.39. The van der Waals surface area contributed by atoms with Gasteiger partial charge in [0.25, 0.3) is 5.84 Å². The van der Waals surface area contributed by atoms with E-state index in [4.69, 9.17) is 10.7 Å². The first-order valence-corrected chi connectivity index (χ1v) is 9.45. The number of nitrogens with two attached hydrogens (primary N) is 1. The zero-order chi connectivity index (χ0) is 19.1. The molecule has 0 amide bonds. The normalized spacial score (nSPS) is 20.6. The molecule has 0 saturated carbocycles. The molecule has 134 valence electrons. The Bertz CT molecular complexity index is 1090. The Labute approximate surface area is 162 Å². The number of fused-ring (bicyclic) bond motifs is 1. The molecule has 6 heteroatoms. The molecule has 2 aliphatic rings. The van der Waals surface area contributed by atoms with Crippen molar-refractivity contribution in [1.82, 2.24) is 4.98 Å². The lowest BCUT2D eigenvalue weighted by atomic mass is 10.0. The molecule has 0 radical (unpaired) electrons. The highest BCUT2D eigenvalue weighted by Crippen LogP contribution is 2.39. The van der Waals surface area contributed by atoms with Gasteiger partial charge >= 0.3 is 0 Å². The molecular weight excluding hydrogens is 354 g/mol. The first-order chi connectivity index (χ1) is 12.9. The summed E-state index contributed by atoms with van der Waals surface area (Å²) in [6.07, 6.45) is 7.97. The van der Waals surface area contributed by atoms with Gasteiger partial charge in [0.05, 0.1) is 16.0 Å². The lowest BCUT2D eigenvalue weighted by Crippen LogP contribution is -2.56. The van der Waals surface area contributed by atoms with Crippen molar-refractivity contribution in [1.29, 1.82) is 0 Å². The minimum Gasteiger partial charge on any atom is -0.384 e. The van der Waals surface area contributed by atoms with Gasteiger partial charge in [-0.3, -0.25) is 4.99 Å². The van der Waals surface area contributed by atoms with Crippen LogP contribution in [-0.4, -0.2) is 27.1 Å². The van der Waals surface area contributed by atoms with Crippen LogP contribution in [-0.2, 0) is 0 Å². The SMILES string of the molecule is CC(C)(C)[N+]12C=CN=CC1=NC(c1ccc(C#Cc3cccc(N)n3)s1)=C2. The van der Waals surface area contributed by atoms with Crippen molar-refractivity contribution in [3.8, 4) is 11.8 Å². The van der Waals surface area contributed by atoms with Crippen molar-refractivity contribution >= 4 is 34.9 Å². The number of thiophene rings is 1. The number of aliphatic imine (C=N–C) groups is 2. The summed E-state index contributed by atoms with van der Waals surface area (Å²) < 4.78 is 0.567. The average molecular weight is 374 g/mol. The van der Waals surface area contributed by atoms with Crippen molar-refractivity contribution in [3.05, 3.63) is 64.4 Å². The van der Waals surface area contributed by atoms with Gasteiger partial charge in [0.2, 0.25) is 0 Å². The van der Waals surface area contributed by atoms with Crippen molar-refractivity contribution in [2.24, 2.45) is 9.98 Å². The van der Waals surface area contributed by atoms with E-state index in [2.05, 4.69) is 61.1 Å². The fourth-order valence-electron chi connectivity index (χ4n) is 3.06. The number of hydrogen-bond donors (Lipinski definition) is 1. The lowest BCUT2D eigenvalue weighted by molar-refractivity contribution is -0.783. The van der Waals surface area contributed by atoms with Crippen LogP contribution >= 0.6 is 11.3 Å². The van der Waals surface area contributed by atoms with Crippen molar-refractivity contribution < 1.29 is 4.48 Å². The van der Waals surface area contributed by atoms with Crippen LogP contribution in [0, 0.1) is 11.8 Å². The summed E-state index contributed by atoms with van der Waals surface area (Å²) in [4.78, 5) is 15.4. The van der Waals surface area contributed by atoms with Gasteiger partial charge in [0.1, 0.15) is 41.4 Å². The number of quaternary nitrogens is 1.